The molecule has 5 heteroatoms. The summed E-state index contributed by atoms with van der Waals surface area (Å²) in [4.78, 5) is 10.7. The SMILES string of the molecule is CNCc1cnc(CC2CN(C)CCN2C)s1. The van der Waals surface area contributed by atoms with Gasteiger partial charge in [0.05, 0.1) is 5.01 Å². The van der Waals surface area contributed by atoms with Gasteiger partial charge in [0.2, 0.25) is 0 Å². The third-order valence-corrected chi connectivity index (χ3v) is 4.36. The summed E-state index contributed by atoms with van der Waals surface area (Å²) in [5, 5.41) is 4.43. The number of nitrogens with one attached hydrogen (secondary N) is 1. The summed E-state index contributed by atoms with van der Waals surface area (Å²) in [5.74, 6) is 0. The maximum absolute atomic E-state index is 4.52. The highest BCUT2D eigenvalue weighted by Gasteiger charge is 2.23. The van der Waals surface area contributed by atoms with Gasteiger partial charge in [-0.05, 0) is 21.1 Å². The minimum atomic E-state index is 0.613. The molecule has 17 heavy (non-hydrogen) atoms. The Morgan fingerprint density at radius 3 is 3.06 bits per heavy atom. The quantitative estimate of drug-likeness (QED) is 0.855. The lowest BCUT2D eigenvalue weighted by Crippen LogP contribution is -2.50. The number of hydrogen-bond acceptors (Lipinski definition) is 5. The van der Waals surface area contributed by atoms with Gasteiger partial charge in [0.25, 0.3) is 0 Å². The average Bonchev–Trinajstić information content (AvgIpc) is 2.72. The van der Waals surface area contributed by atoms with Gasteiger partial charge in [0.1, 0.15) is 0 Å². The smallest absolute Gasteiger partial charge is 0.0944 e. The molecule has 0 saturated carbocycles. The van der Waals surface area contributed by atoms with Gasteiger partial charge < -0.3 is 15.1 Å². The van der Waals surface area contributed by atoms with Crippen molar-refractivity contribution < 1.29 is 0 Å². The summed E-state index contributed by atoms with van der Waals surface area (Å²) >= 11 is 1.84. The fourth-order valence-electron chi connectivity index (χ4n) is 2.22. The summed E-state index contributed by atoms with van der Waals surface area (Å²) in [7, 11) is 6.40. The Morgan fingerprint density at radius 2 is 2.29 bits per heavy atom. The minimum Gasteiger partial charge on any atom is -0.315 e. The van der Waals surface area contributed by atoms with Crippen LogP contribution in [-0.2, 0) is 13.0 Å². The number of aromatic nitrogens is 1. The van der Waals surface area contributed by atoms with Gasteiger partial charge in [-0.25, -0.2) is 4.98 Å². The molecule has 4 nitrogen and oxygen atoms in total. The van der Waals surface area contributed by atoms with Gasteiger partial charge in [0, 0.05) is 49.7 Å². The molecule has 0 aromatic carbocycles. The van der Waals surface area contributed by atoms with Crippen molar-refractivity contribution in [2.24, 2.45) is 0 Å². The minimum absolute atomic E-state index is 0.613. The molecule has 1 aliphatic heterocycles. The van der Waals surface area contributed by atoms with Gasteiger partial charge in [-0.15, -0.1) is 11.3 Å². The molecule has 1 fully saturated rings. The van der Waals surface area contributed by atoms with Crippen molar-refractivity contribution in [1.29, 1.82) is 0 Å². The first-order valence-electron chi connectivity index (χ1n) is 6.16. The molecular formula is C12H22N4S. The molecule has 1 atom stereocenters. The fraction of sp³-hybridized carbons (Fsp3) is 0.750. The van der Waals surface area contributed by atoms with Crippen molar-refractivity contribution in [2.75, 3.05) is 40.8 Å². The van der Waals surface area contributed by atoms with Gasteiger partial charge >= 0.3 is 0 Å². The summed E-state index contributed by atoms with van der Waals surface area (Å²) < 4.78 is 0. The Labute approximate surface area is 108 Å². The Morgan fingerprint density at radius 1 is 1.47 bits per heavy atom. The molecule has 1 aliphatic rings. The first kappa shape index (κ1) is 13.0. The van der Waals surface area contributed by atoms with Crippen molar-refractivity contribution in [2.45, 2.75) is 19.0 Å². The molecule has 0 amide bonds. The molecule has 0 bridgehead atoms. The van der Waals surface area contributed by atoms with E-state index in [1.807, 2.05) is 24.6 Å². The number of rotatable bonds is 4. The maximum atomic E-state index is 4.52. The van der Waals surface area contributed by atoms with Gasteiger partial charge in [-0.1, -0.05) is 0 Å². The van der Waals surface area contributed by atoms with Gasteiger partial charge in [0.15, 0.2) is 0 Å². The summed E-state index contributed by atoms with van der Waals surface area (Å²) in [6, 6.07) is 0.613. The lowest BCUT2D eigenvalue weighted by molar-refractivity contribution is 0.114. The van der Waals surface area contributed by atoms with E-state index in [2.05, 4.69) is 34.2 Å². The maximum Gasteiger partial charge on any atom is 0.0944 e. The first-order valence-corrected chi connectivity index (χ1v) is 6.97. The molecule has 1 aromatic rings. The second-order valence-corrected chi connectivity index (χ2v) is 6.05. The van der Waals surface area contributed by atoms with Crippen LogP contribution in [0.5, 0.6) is 0 Å². The van der Waals surface area contributed by atoms with Crippen LogP contribution in [0.4, 0.5) is 0 Å². The van der Waals surface area contributed by atoms with Crippen LogP contribution in [0, 0.1) is 0 Å². The molecule has 0 spiro atoms. The monoisotopic (exact) mass is 254 g/mol. The highest BCUT2D eigenvalue weighted by molar-refractivity contribution is 7.11. The van der Waals surface area contributed by atoms with Crippen molar-refractivity contribution in [3.63, 3.8) is 0 Å². The van der Waals surface area contributed by atoms with E-state index in [9.17, 15) is 0 Å². The lowest BCUT2D eigenvalue weighted by Gasteiger charge is -2.37. The molecule has 0 radical (unpaired) electrons. The normalized spacial score (nSPS) is 23.1. The summed E-state index contributed by atoms with van der Waals surface area (Å²) in [6.07, 6.45) is 3.08. The fourth-order valence-corrected chi connectivity index (χ4v) is 3.23. The first-order chi connectivity index (χ1) is 8.19. The predicted molar refractivity (Wildman–Crippen MR) is 72.5 cm³/mol. The Bertz CT molecular complexity index is 352. The third-order valence-electron chi connectivity index (χ3n) is 3.34. The second kappa shape index (κ2) is 5.91. The zero-order valence-corrected chi connectivity index (χ0v) is 11.8. The molecule has 1 unspecified atom stereocenters. The molecule has 1 N–H and O–H groups in total. The number of thiazole rings is 1. The lowest BCUT2D eigenvalue weighted by atomic mass is 10.1. The molecule has 1 saturated heterocycles. The number of piperazine rings is 1. The molecule has 0 aliphatic carbocycles. The van der Waals surface area contributed by atoms with Crippen molar-refractivity contribution >= 4 is 11.3 Å². The number of nitrogens with zero attached hydrogens (tertiary/aromatic N) is 3. The third kappa shape index (κ3) is 3.48. The van der Waals surface area contributed by atoms with E-state index in [-0.39, 0.29) is 0 Å². The molecule has 96 valence electrons. The molecular weight excluding hydrogens is 232 g/mol. The largest absolute Gasteiger partial charge is 0.315 e. The van der Waals surface area contributed by atoms with Crippen molar-refractivity contribution in [1.82, 2.24) is 20.1 Å². The van der Waals surface area contributed by atoms with E-state index in [0.29, 0.717) is 6.04 Å². The zero-order chi connectivity index (χ0) is 12.3. The Hall–Kier alpha value is -0.490. The highest BCUT2D eigenvalue weighted by atomic mass is 32.1. The van der Waals surface area contributed by atoms with Crippen LogP contribution >= 0.6 is 11.3 Å². The Kier molecular flexibility index (Phi) is 4.50. The van der Waals surface area contributed by atoms with E-state index in [0.717, 1.165) is 26.1 Å². The Balaban J connectivity index is 1.94. The second-order valence-electron chi connectivity index (χ2n) is 4.85. The van der Waals surface area contributed by atoms with Crippen LogP contribution in [-0.4, -0.2) is 61.6 Å². The topological polar surface area (TPSA) is 31.4 Å². The molecule has 1 aromatic heterocycles. The van der Waals surface area contributed by atoms with Gasteiger partial charge in [-0.3, -0.25) is 0 Å². The van der Waals surface area contributed by atoms with E-state index in [1.165, 1.54) is 16.4 Å². The van der Waals surface area contributed by atoms with E-state index in [4.69, 9.17) is 0 Å². The van der Waals surface area contributed by atoms with Crippen LogP contribution in [0.1, 0.15) is 9.88 Å². The zero-order valence-electron chi connectivity index (χ0n) is 10.9. The van der Waals surface area contributed by atoms with Gasteiger partial charge in [-0.2, -0.15) is 0 Å². The van der Waals surface area contributed by atoms with Crippen LogP contribution < -0.4 is 5.32 Å². The summed E-state index contributed by atoms with van der Waals surface area (Å²) in [6.45, 7) is 4.42. The predicted octanol–water partition coefficient (Wildman–Crippen LogP) is 0.651. The molecule has 2 rings (SSSR count). The van der Waals surface area contributed by atoms with Crippen LogP contribution in [0.2, 0.25) is 0 Å². The van der Waals surface area contributed by atoms with Crippen molar-refractivity contribution in [3.05, 3.63) is 16.1 Å². The summed E-state index contributed by atoms with van der Waals surface area (Å²) in [5.41, 5.74) is 0. The van der Waals surface area contributed by atoms with E-state index < -0.39 is 0 Å². The van der Waals surface area contributed by atoms with E-state index >= 15 is 0 Å². The average molecular weight is 254 g/mol. The van der Waals surface area contributed by atoms with Crippen LogP contribution in [0.15, 0.2) is 6.20 Å². The number of likely N-dealkylation sites (N-methyl/N-ethyl adjacent to an activating group) is 2. The van der Waals surface area contributed by atoms with E-state index in [1.54, 1.807) is 0 Å². The number of hydrogen-bond donors (Lipinski definition) is 1. The van der Waals surface area contributed by atoms with Crippen LogP contribution in [0.25, 0.3) is 0 Å². The van der Waals surface area contributed by atoms with Crippen LogP contribution in [0.3, 0.4) is 0 Å². The highest BCUT2D eigenvalue weighted by Crippen LogP contribution is 2.17. The standard InChI is InChI=1S/C12H22N4S/c1-13-7-11-8-14-12(17-11)6-10-9-15(2)4-5-16(10)3/h8,10,13H,4-7,9H2,1-3H3. The molecule has 2 heterocycles. The van der Waals surface area contributed by atoms with Crippen molar-refractivity contribution in [3.8, 4) is 0 Å².